The minimum atomic E-state index is -0.350. The molecule has 4 rings (SSSR count). The Hall–Kier alpha value is -2.48. The molecule has 2 atom stereocenters. The molecular formula is C19H24FN5O2. The minimum absolute atomic E-state index is 0.146. The number of rotatable bonds is 6. The fourth-order valence-electron chi connectivity index (χ4n) is 3.91. The average Bonchev–Trinajstić information content (AvgIpc) is 3.27. The van der Waals surface area contributed by atoms with Gasteiger partial charge >= 0.3 is 6.09 Å². The van der Waals surface area contributed by atoms with Crippen molar-refractivity contribution in [3.8, 4) is 0 Å². The summed E-state index contributed by atoms with van der Waals surface area (Å²) in [5.41, 5.74) is 2.82. The monoisotopic (exact) mass is 373 g/mol. The number of aliphatic imine (C=N–C) groups is 1. The first-order chi connectivity index (χ1) is 13.1. The van der Waals surface area contributed by atoms with Gasteiger partial charge in [0.2, 0.25) is 0 Å². The number of ether oxygens (including phenoxy) is 1. The molecule has 0 spiro atoms. The van der Waals surface area contributed by atoms with Crippen LogP contribution >= 0.6 is 0 Å². The Morgan fingerprint density at radius 2 is 2.26 bits per heavy atom. The third-order valence-electron chi connectivity index (χ3n) is 5.34. The zero-order valence-corrected chi connectivity index (χ0v) is 15.4. The molecule has 8 heteroatoms. The summed E-state index contributed by atoms with van der Waals surface area (Å²) in [7, 11) is 0. The van der Waals surface area contributed by atoms with Crippen molar-refractivity contribution in [3.63, 3.8) is 0 Å². The van der Waals surface area contributed by atoms with E-state index in [9.17, 15) is 9.18 Å². The van der Waals surface area contributed by atoms with Gasteiger partial charge < -0.3 is 15.4 Å². The molecule has 3 heterocycles. The van der Waals surface area contributed by atoms with Gasteiger partial charge in [-0.05, 0) is 56.3 Å². The van der Waals surface area contributed by atoms with E-state index in [0.717, 1.165) is 49.2 Å². The van der Waals surface area contributed by atoms with E-state index in [-0.39, 0.29) is 18.0 Å². The molecule has 1 saturated heterocycles. The number of amides is 1. The highest BCUT2D eigenvalue weighted by molar-refractivity contribution is 5.73. The van der Waals surface area contributed by atoms with Crippen LogP contribution in [0.4, 0.5) is 9.18 Å². The van der Waals surface area contributed by atoms with Crippen LogP contribution in [0.1, 0.15) is 23.2 Å². The fourth-order valence-corrected chi connectivity index (χ4v) is 3.91. The predicted octanol–water partition coefficient (Wildman–Crippen LogP) is 1.52. The molecule has 2 aliphatic heterocycles. The number of pyridine rings is 1. The van der Waals surface area contributed by atoms with E-state index in [1.807, 2.05) is 6.92 Å². The second-order valence-electron chi connectivity index (χ2n) is 7.25. The van der Waals surface area contributed by atoms with Crippen molar-refractivity contribution >= 4 is 12.3 Å². The molecule has 7 nitrogen and oxygen atoms in total. The maximum atomic E-state index is 13.9. The van der Waals surface area contributed by atoms with Crippen LogP contribution in [0.5, 0.6) is 0 Å². The highest BCUT2D eigenvalue weighted by Crippen LogP contribution is 2.30. The predicted molar refractivity (Wildman–Crippen MR) is 98.9 cm³/mol. The van der Waals surface area contributed by atoms with Gasteiger partial charge in [0.15, 0.2) is 5.82 Å². The van der Waals surface area contributed by atoms with Crippen LogP contribution in [-0.2, 0) is 17.6 Å². The maximum absolute atomic E-state index is 13.9. The third kappa shape index (κ3) is 3.80. The molecule has 0 radical (unpaired) electrons. The number of carbonyl (C=O) groups is 1. The molecule has 2 N–H and O–H groups in total. The highest BCUT2D eigenvalue weighted by Gasteiger charge is 2.33. The molecule has 3 aliphatic rings. The zero-order valence-electron chi connectivity index (χ0n) is 15.4. The van der Waals surface area contributed by atoms with Gasteiger partial charge in [0.05, 0.1) is 12.7 Å². The molecule has 1 aromatic heterocycles. The molecule has 144 valence electrons. The van der Waals surface area contributed by atoms with Crippen molar-refractivity contribution in [2.24, 2.45) is 10.9 Å². The van der Waals surface area contributed by atoms with Crippen molar-refractivity contribution in [1.82, 2.24) is 20.5 Å². The number of carbonyl (C=O) groups excluding carboxylic acids is 1. The first kappa shape index (κ1) is 17.9. The Bertz CT molecular complexity index is 764. The summed E-state index contributed by atoms with van der Waals surface area (Å²) in [6.45, 7) is 4.69. The Balaban J connectivity index is 1.21. The summed E-state index contributed by atoms with van der Waals surface area (Å²) in [5, 5.41) is 6.47. The summed E-state index contributed by atoms with van der Waals surface area (Å²) < 4.78 is 19.3. The van der Waals surface area contributed by atoms with Gasteiger partial charge in [-0.1, -0.05) is 0 Å². The fraction of sp³-hybridized carbons (Fsp3) is 0.526. The number of nitrogens with one attached hydrogen (secondary N) is 2. The van der Waals surface area contributed by atoms with Gasteiger partial charge in [-0.25, -0.2) is 14.2 Å². The smallest absolute Gasteiger partial charge is 0.415 e. The van der Waals surface area contributed by atoms with Gasteiger partial charge in [-0.15, -0.1) is 0 Å². The number of nitrogens with zero attached hydrogens (tertiary/aromatic N) is 3. The Kier molecular flexibility index (Phi) is 5.07. The summed E-state index contributed by atoms with van der Waals surface area (Å²) in [4.78, 5) is 21.9. The highest BCUT2D eigenvalue weighted by atomic mass is 19.1. The number of fused-ring (bicyclic) bond motifs is 1. The summed E-state index contributed by atoms with van der Waals surface area (Å²) in [6, 6.07) is 0. The summed E-state index contributed by atoms with van der Waals surface area (Å²) in [5.74, 6) is 0.787. The molecule has 0 bridgehead atoms. The topological polar surface area (TPSA) is 78.9 Å². The van der Waals surface area contributed by atoms with E-state index in [0.29, 0.717) is 24.8 Å². The largest absolute Gasteiger partial charge is 0.444 e. The van der Waals surface area contributed by atoms with Gasteiger partial charge in [-0.3, -0.25) is 9.88 Å². The molecule has 1 amide bonds. The Labute approximate surface area is 157 Å². The van der Waals surface area contributed by atoms with Crippen LogP contribution in [0, 0.1) is 18.7 Å². The van der Waals surface area contributed by atoms with Crippen LogP contribution < -0.4 is 10.6 Å². The SMILES string of the molecule is Cc1ncc(F)c2c1C[C@H](CNCC[C@@H]1CN(C3=CNCC=N3)C(=O)O1)C2. The quantitative estimate of drug-likeness (QED) is 0.739. The van der Waals surface area contributed by atoms with E-state index in [1.54, 1.807) is 17.3 Å². The Morgan fingerprint density at radius 3 is 3.04 bits per heavy atom. The molecule has 1 aliphatic carbocycles. The number of hydrogen-bond acceptors (Lipinski definition) is 6. The number of cyclic esters (lactones) is 1. The van der Waals surface area contributed by atoms with Gasteiger partial charge in [0.25, 0.3) is 0 Å². The molecule has 27 heavy (non-hydrogen) atoms. The van der Waals surface area contributed by atoms with Crippen molar-refractivity contribution in [1.29, 1.82) is 0 Å². The lowest BCUT2D eigenvalue weighted by Crippen LogP contribution is -2.29. The van der Waals surface area contributed by atoms with Gasteiger partial charge in [0.1, 0.15) is 11.9 Å². The number of aromatic nitrogens is 1. The van der Waals surface area contributed by atoms with Gasteiger partial charge in [0, 0.05) is 24.7 Å². The number of hydrogen-bond donors (Lipinski definition) is 2. The zero-order chi connectivity index (χ0) is 18.8. The van der Waals surface area contributed by atoms with E-state index >= 15 is 0 Å². The standard InChI is InChI=1S/C19H24FN5O2/c1-12-15-6-13(7-16(15)17(20)9-24-12)8-21-3-2-14-11-25(19(26)27-14)18-10-22-4-5-23-18/h5,9-10,13-14,21-22H,2-4,6-8,11H2,1H3/t13-,14+/m0/s1. The second-order valence-corrected chi connectivity index (χ2v) is 7.25. The molecule has 1 fully saturated rings. The normalized spacial score (nSPS) is 23.9. The summed E-state index contributed by atoms with van der Waals surface area (Å²) >= 11 is 0. The molecule has 0 aromatic carbocycles. The van der Waals surface area contributed by atoms with Crippen LogP contribution in [0.25, 0.3) is 0 Å². The maximum Gasteiger partial charge on any atom is 0.415 e. The first-order valence-corrected chi connectivity index (χ1v) is 9.39. The lowest BCUT2D eigenvalue weighted by Gasteiger charge is -2.16. The minimum Gasteiger partial charge on any atom is -0.444 e. The van der Waals surface area contributed by atoms with Crippen LogP contribution in [-0.4, -0.2) is 54.5 Å². The second kappa shape index (κ2) is 7.64. The Morgan fingerprint density at radius 1 is 1.41 bits per heavy atom. The van der Waals surface area contributed by atoms with Gasteiger partial charge in [-0.2, -0.15) is 0 Å². The number of aryl methyl sites for hydroxylation is 1. The lowest BCUT2D eigenvalue weighted by molar-refractivity contribution is 0.130. The number of halogens is 1. The van der Waals surface area contributed by atoms with Crippen molar-refractivity contribution in [2.45, 2.75) is 32.3 Å². The van der Waals surface area contributed by atoms with Crippen molar-refractivity contribution in [3.05, 3.63) is 40.9 Å². The van der Waals surface area contributed by atoms with Crippen molar-refractivity contribution in [2.75, 3.05) is 26.2 Å². The van der Waals surface area contributed by atoms with E-state index < -0.39 is 0 Å². The van der Waals surface area contributed by atoms with E-state index in [4.69, 9.17) is 4.74 Å². The van der Waals surface area contributed by atoms with Crippen molar-refractivity contribution < 1.29 is 13.9 Å². The van der Waals surface area contributed by atoms with Crippen LogP contribution in [0.15, 0.2) is 23.2 Å². The van der Waals surface area contributed by atoms with Crippen LogP contribution in [0.3, 0.4) is 0 Å². The first-order valence-electron chi connectivity index (χ1n) is 9.39. The molecule has 1 aromatic rings. The molecular weight excluding hydrogens is 349 g/mol. The molecule has 0 unspecified atom stereocenters. The molecule has 0 saturated carbocycles. The third-order valence-corrected chi connectivity index (χ3v) is 5.34. The summed E-state index contributed by atoms with van der Waals surface area (Å²) in [6.07, 6.45) is 6.65. The lowest BCUT2D eigenvalue weighted by atomic mass is 10.1. The van der Waals surface area contributed by atoms with E-state index in [1.165, 1.54) is 6.20 Å². The van der Waals surface area contributed by atoms with Crippen LogP contribution in [0.2, 0.25) is 0 Å². The average molecular weight is 373 g/mol. The van der Waals surface area contributed by atoms with E-state index in [2.05, 4.69) is 20.6 Å².